The molecule has 1 saturated carbocycles. The maximum Gasteiger partial charge on any atom is 0.0658 e. The summed E-state index contributed by atoms with van der Waals surface area (Å²) in [5, 5.41) is 13.5. The van der Waals surface area contributed by atoms with Crippen LogP contribution in [-0.2, 0) is 0 Å². The maximum absolute atomic E-state index is 10.2. The molecule has 0 radical (unpaired) electrons. The Kier molecular flexibility index (Phi) is 4.44. The fourth-order valence-electron chi connectivity index (χ4n) is 2.11. The quantitative estimate of drug-likeness (QED) is 0.672. The third kappa shape index (κ3) is 3.32. The summed E-state index contributed by atoms with van der Waals surface area (Å²) in [6, 6.07) is 0.604. The molecule has 80 valence electrons. The van der Waals surface area contributed by atoms with Crippen molar-refractivity contribution in [3.8, 4) is 11.8 Å². The minimum Gasteiger partial charge on any atom is -0.390 e. The lowest BCUT2D eigenvalue weighted by molar-refractivity contribution is -0.00901. The van der Waals surface area contributed by atoms with Gasteiger partial charge >= 0.3 is 0 Å². The Labute approximate surface area is 87.1 Å². The molecule has 0 aromatic carbocycles. The summed E-state index contributed by atoms with van der Waals surface area (Å²) < 4.78 is 0. The van der Waals surface area contributed by atoms with Crippen LogP contribution in [0.4, 0.5) is 0 Å². The molecule has 0 saturated heterocycles. The van der Waals surface area contributed by atoms with Gasteiger partial charge in [0.25, 0.3) is 0 Å². The minimum absolute atomic E-state index is 0.433. The molecule has 14 heavy (non-hydrogen) atoms. The molecule has 2 heteroatoms. The van der Waals surface area contributed by atoms with E-state index in [1.165, 1.54) is 0 Å². The molecule has 1 fully saturated rings. The lowest BCUT2D eigenvalue weighted by Crippen LogP contribution is -2.40. The first-order valence-corrected chi connectivity index (χ1v) is 5.49. The first-order valence-electron chi connectivity index (χ1n) is 5.49. The van der Waals surface area contributed by atoms with E-state index in [1.807, 2.05) is 14.0 Å². The molecule has 1 aliphatic carbocycles. The van der Waals surface area contributed by atoms with Gasteiger partial charge in [-0.05, 0) is 46.1 Å². The first-order chi connectivity index (χ1) is 6.70. The molecular weight excluding hydrogens is 174 g/mol. The van der Waals surface area contributed by atoms with Gasteiger partial charge in [-0.3, -0.25) is 0 Å². The Bertz CT molecular complexity index is 218. The van der Waals surface area contributed by atoms with E-state index >= 15 is 0 Å². The molecule has 0 heterocycles. The van der Waals surface area contributed by atoms with Crippen molar-refractivity contribution < 1.29 is 5.11 Å². The average Bonchev–Trinajstić information content (AvgIpc) is 2.19. The molecule has 2 N–H and O–H groups in total. The largest absolute Gasteiger partial charge is 0.390 e. The molecule has 0 aromatic rings. The zero-order valence-corrected chi connectivity index (χ0v) is 9.27. The molecule has 0 bridgehead atoms. The highest BCUT2D eigenvalue weighted by Crippen LogP contribution is 2.31. The van der Waals surface area contributed by atoms with E-state index in [0.717, 1.165) is 38.5 Å². The first kappa shape index (κ1) is 11.6. The van der Waals surface area contributed by atoms with E-state index in [-0.39, 0.29) is 0 Å². The molecule has 0 atom stereocenters. The van der Waals surface area contributed by atoms with Crippen LogP contribution in [0.15, 0.2) is 0 Å². The summed E-state index contributed by atoms with van der Waals surface area (Å²) in [6.45, 7) is 1.85. The summed E-state index contributed by atoms with van der Waals surface area (Å²) in [5.74, 6) is 5.89. The Hall–Kier alpha value is -0.520. The second-order valence-electron chi connectivity index (χ2n) is 4.21. The van der Waals surface area contributed by atoms with Crippen LogP contribution in [0.2, 0.25) is 0 Å². The van der Waals surface area contributed by atoms with Crippen molar-refractivity contribution in [2.45, 2.75) is 57.1 Å². The van der Waals surface area contributed by atoms with Crippen molar-refractivity contribution in [2.75, 3.05) is 7.05 Å². The van der Waals surface area contributed by atoms with E-state index in [4.69, 9.17) is 0 Å². The normalized spacial score (nSPS) is 32.1. The topological polar surface area (TPSA) is 32.3 Å². The van der Waals surface area contributed by atoms with Crippen LogP contribution in [0, 0.1) is 11.8 Å². The van der Waals surface area contributed by atoms with Gasteiger partial charge in [0, 0.05) is 12.5 Å². The van der Waals surface area contributed by atoms with Crippen molar-refractivity contribution in [3.05, 3.63) is 0 Å². The zero-order valence-electron chi connectivity index (χ0n) is 9.27. The van der Waals surface area contributed by atoms with Crippen molar-refractivity contribution in [1.29, 1.82) is 0 Å². The molecule has 0 amide bonds. The fraction of sp³-hybridized carbons (Fsp3) is 0.833. The lowest BCUT2D eigenvalue weighted by Gasteiger charge is -2.35. The molecule has 0 spiro atoms. The van der Waals surface area contributed by atoms with Gasteiger partial charge in [-0.25, -0.2) is 0 Å². The maximum atomic E-state index is 10.2. The van der Waals surface area contributed by atoms with Crippen LogP contribution in [0.1, 0.15) is 45.4 Å². The third-order valence-corrected chi connectivity index (χ3v) is 3.22. The predicted octanol–water partition coefficient (Wildman–Crippen LogP) is 1.68. The van der Waals surface area contributed by atoms with Gasteiger partial charge in [0.15, 0.2) is 0 Å². The molecule has 0 unspecified atom stereocenters. The Morgan fingerprint density at radius 2 is 2.07 bits per heavy atom. The average molecular weight is 195 g/mol. The summed E-state index contributed by atoms with van der Waals surface area (Å²) in [4.78, 5) is 0. The number of hydrogen-bond acceptors (Lipinski definition) is 2. The van der Waals surface area contributed by atoms with Crippen LogP contribution in [-0.4, -0.2) is 23.8 Å². The highest BCUT2D eigenvalue weighted by molar-refractivity contribution is 4.98. The van der Waals surface area contributed by atoms with E-state index in [9.17, 15) is 5.11 Å². The number of hydrogen-bond donors (Lipinski definition) is 2. The fourth-order valence-corrected chi connectivity index (χ4v) is 2.11. The van der Waals surface area contributed by atoms with Gasteiger partial charge in [0.05, 0.1) is 5.60 Å². The van der Waals surface area contributed by atoms with Crippen LogP contribution in [0.3, 0.4) is 0 Å². The Morgan fingerprint density at radius 1 is 1.43 bits per heavy atom. The molecule has 2 nitrogen and oxygen atoms in total. The van der Waals surface area contributed by atoms with Gasteiger partial charge in [0.2, 0.25) is 0 Å². The smallest absolute Gasteiger partial charge is 0.0658 e. The zero-order chi connectivity index (χ0) is 10.4. The van der Waals surface area contributed by atoms with E-state index in [0.29, 0.717) is 6.04 Å². The molecular formula is C12H21NO. The monoisotopic (exact) mass is 195 g/mol. The van der Waals surface area contributed by atoms with Gasteiger partial charge in [-0.1, -0.05) is 0 Å². The molecule has 1 rings (SSSR count). The van der Waals surface area contributed by atoms with E-state index < -0.39 is 5.60 Å². The Balaban J connectivity index is 2.32. The molecule has 0 aliphatic heterocycles. The molecule has 0 aromatic heterocycles. The van der Waals surface area contributed by atoms with Crippen LogP contribution < -0.4 is 5.32 Å². The van der Waals surface area contributed by atoms with Gasteiger partial charge in [-0.2, -0.15) is 0 Å². The predicted molar refractivity (Wildman–Crippen MR) is 58.9 cm³/mol. The standard InChI is InChI=1S/C12H21NO/c1-3-4-5-8-12(14)9-6-11(13-2)7-10-12/h11,13-14H,5-10H2,1-2H3. The number of aliphatic hydroxyl groups is 1. The number of nitrogens with one attached hydrogen (secondary N) is 1. The second-order valence-corrected chi connectivity index (χ2v) is 4.21. The van der Waals surface area contributed by atoms with Crippen LogP contribution in [0.5, 0.6) is 0 Å². The van der Waals surface area contributed by atoms with Gasteiger partial charge < -0.3 is 10.4 Å². The SMILES string of the molecule is CC#CCCC1(O)CCC(NC)CC1. The molecule has 1 aliphatic rings. The highest BCUT2D eigenvalue weighted by Gasteiger charge is 2.31. The summed E-state index contributed by atoms with van der Waals surface area (Å²) in [6.07, 6.45) is 5.69. The minimum atomic E-state index is -0.433. The van der Waals surface area contributed by atoms with Crippen molar-refractivity contribution in [2.24, 2.45) is 0 Å². The van der Waals surface area contributed by atoms with Crippen molar-refractivity contribution in [3.63, 3.8) is 0 Å². The summed E-state index contributed by atoms with van der Waals surface area (Å²) in [7, 11) is 2.00. The van der Waals surface area contributed by atoms with Crippen LogP contribution in [0.25, 0.3) is 0 Å². The number of rotatable bonds is 3. The van der Waals surface area contributed by atoms with E-state index in [2.05, 4.69) is 17.2 Å². The highest BCUT2D eigenvalue weighted by atomic mass is 16.3. The van der Waals surface area contributed by atoms with Gasteiger partial charge in [-0.15, -0.1) is 11.8 Å². The lowest BCUT2D eigenvalue weighted by atomic mass is 9.79. The summed E-state index contributed by atoms with van der Waals surface area (Å²) >= 11 is 0. The summed E-state index contributed by atoms with van der Waals surface area (Å²) in [5.41, 5.74) is -0.433. The third-order valence-electron chi connectivity index (χ3n) is 3.22. The van der Waals surface area contributed by atoms with Crippen molar-refractivity contribution in [1.82, 2.24) is 5.32 Å². The second kappa shape index (κ2) is 5.38. The van der Waals surface area contributed by atoms with Crippen molar-refractivity contribution >= 4 is 0 Å². The van der Waals surface area contributed by atoms with Gasteiger partial charge in [0.1, 0.15) is 0 Å². The Morgan fingerprint density at radius 3 is 2.57 bits per heavy atom. The van der Waals surface area contributed by atoms with E-state index in [1.54, 1.807) is 0 Å². The van der Waals surface area contributed by atoms with Crippen LogP contribution >= 0.6 is 0 Å².